The number of carbonyl (C=O) groups excluding carboxylic acids is 1. The van der Waals surface area contributed by atoms with Crippen LogP contribution in [0.1, 0.15) is 55.4 Å². The number of ether oxygens (including phenoxy) is 1. The van der Waals surface area contributed by atoms with Crippen LogP contribution in [0.2, 0.25) is 0 Å². The first-order chi connectivity index (χ1) is 12.6. The van der Waals surface area contributed by atoms with Gasteiger partial charge < -0.3 is 9.30 Å². The van der Waals surface area contributed by atoms with E-state index in [1.165, 1.54) is 39.2 Å². The summed E-state index contributed by atoms with van der Waals surface area (Å²) in [6.45, 7) is 2.25. The van der Waals surface area contributed by atoms with E-state index >= 15 is 0 Å². The minimum Gasteiger partial charge on any atom is -0.465 e. The Morgan fingerprint density at radius 1 is 1.27 bits per heavy atom. The Morgan fingerprint density at radius 2 is 2.04 bits per heavy atom. The molecule has 3 saturated carbocycles. The summed E-state index contributed by atoms with van der Waals surface area (Å²) < 4.78 is 7.00. The number of fused-ring (bicyclic) bond motifs is 3. The van der Waals surface area contributed by atoms with E-state index in [2.05, 4.69) is 21.7 Å². The van der Waals surface area contributed by atoms with Crippen LogP contribution in [0, 0.1) is 29.6 Å². The van der Waals surface area contributed by atoms with Crippen LogP contribution in [-0.4, -0.2) is 27.8 Å². The van der Waals surface area contributed by atoms with Crippen LogP contribution < -0.4 is 5.56 Å². The zero-order valence-electron chi connectivity index (χ0n) is 15.3. The third kappa shape index (κ3) is 2.20. The lowest BCUT2D eigenvalue weighted by Gasteiger charge is -2.46. The van der Waals surface area contributed by atoms with Crippen molar-refractivity contribution in [1.29, 1.82) is 0 Å². The number of carbonyl (C=O) groups is 1. The highest BCUT2D eigenvalue weighted by Gasteiger charge is 2.51. The average Bonchev–Trinajstić information content (AvgIpc) is 3.12. The Balaban J connectivity index is 1.58. The lowest BCUT2D eigenvalue weighted by Crippen LogP contribution is -2.39. The first-order valence-electron chi connectivity index (χ1n) is 9.75. The van der Waals surface area contributed by atoms with Crippen LogP contribution in [0.15, 0.2) is 17.2 Å². The molecule has 26 heavy (non-hydrogen) atoms. The maximum atomic E-state index is 12.3. The molecule has 0 spiro atoms. The van der Waals surface area contributed by atoms with Crippen molar-refractivity contribution in [1.82, 2.24) is 14.8 Å². The van der Waals surface area contributed by atoms with Crippen molar-refractivity contribution in [2.24, 2.45) is 29.6 Å². The summed E-state index contributed by atoms with van der Waals surface area (Å²) in [6, 6.07) is 0.258. The molecule has 2 aliphatic heterocycles. The molecule has 0 saturated heterocycles. The number of esters is 1. The molecule has 6 atom stereocenters. The molecule has 5 aliphatic rings. The highest BCUT2D eigenvalue weighted by molar-refractivity contribution is 5.95. The molecule has 3 fully saturated rings. The molecule has 3 aliphatic carbocycles. The molecule has 138 valence electrons. The number of hydrogen-bond donors (Lipinski definition) is 1. The Labute approximate surface area is 152 Å². The second-order valence-electron chi connectivity index (χ2n) is 8.58. The van der Waals surface area contributed by atoms with E-state index in [-0.39, 0.29) is 11.6 Å². The molecular weight excluding hydrogens is 330 g/mol. The van der Waals surface area contributed by atoms with Crippen molar-refractivity contribution in [3.05, 3.63) is 28.3 Å². The molecule has 6 nitrogen and oxygen atoms in total. The van der Waals surface area contributed by atoms with E-state index in [0.717, 1.165) is 23.7 Å². The molecule has 0 aromatic heterocycles. The van der Waals surface area contributed by atoms with Crippen molar-refractivity contribution in [3.63, 3.8) is 0 Å². The molecule has 0 radical (unpaired) electrons. The highest BCUT2D eigenvalue weighted by atomic mass is 16.5. The number of methoxy groups -OCH3 is 1. The van der Waals surface area contributed by atoms with Crippen LogP contribution in [0.25, 0.3) is 11.3 Å². The van der Waals surface area contributed by atoms with Gasteiger partial charge in [-0.2, -0.15) is 5.10 Å². The molecule has 1 N–H and O–H groups in total. The van der Waals surface area contributed by atoms with Gasteiger partial charge in [-0.15, -0.1) is 0 Å². The van der Waals surface area contributed by atoms with Crippen LogP contribution in [0.5, 0.6) is 0 Å². The number of aromatic amines is 1. The Morgan fingerprint density at radius 3 is 2.85 bits per heavy atom. The summed E-state index contributed by atoms with van der Waals surface area (Å²) in [5.41, 5.74) is 0.972. The average molecular weight is 355 g/mol. The fraction of sp³-hybridized carbons (Fsp3) is 0.650. The number of rotatable bonds is 3. The zero-order chi connectivity index (χ0) is 18.0. The number of pyridine rings is 1. The van der Waals surface area contributed by atoms with E-state index < -0.39 is 5.97 Å². The predicted molar refractivity (Wildman–Crippen MR) is 96.1 cm³/mol. The monoisotopic (exact) mass is 355 g/mol. The topological polar surface area (TPSA) is 77.0 Å². The molecule has 0 aromatic rings. The van der Waals surface area contributed by atoms with Crippen LogP contribution in [0.3, 0.4) is 0 Å². The normalized spacial score (nSPS) is 33.5. The molecule has 0 amide bonds. The van der Waals surface area contributed by atoms with Gasteiger partial charge in [-0.25, -0.2) is 9.89 Å². The molecule has 3 bridgehead atoms. The van der Waals surface area contributed by atoms with Crippen molar-refractivity contribution in [2.45, 2.75) is 45.1 Å². The van der Waals surface area contributed by atoms with Crippen molar-refractivity contribution >= 4 is 5.97 Å². The Kier molecular flexibility index (Phi) is 3.52. The lowest BCUT2D eigenvalue weighted by molar-refractivity contribution is 0.0449. The molecule has 0 unspecified atom stereocenters. The summed E-state index contributed by atoms with van der Waals surface area (Å²) in [6.07, 6.45) is 10.5. The molecular formula is C20H25N3O3. The van der Waals surface area contributed by atoms with E-state index in [1.807, 2.05) is 12.4 Å². The van der Waals surface area contributed by atoms with Crippen molar-refractivity contribution in [2.75, 3.05) is 7.11 Å². The zero-order valence-corrected chi connectivity index (χ0v) is 15.3. The van der Waals surface area contributed by atoms with Crippen molar-refractivity contribution < 1.29 is 9.53 Å². The number of aromatic nitrogens is 3. The fourth-order valence-corrected chi connectivity index (χ4v) is 6.45. The third-order valence-corrected chi connectivity index (χ3v) is 7.44. The van der Waals surface area contributed by atoms with Gasteiger partial charge in [0.05, 0.1) is 12.7 Å². The number of H-pyrrole nitrogens is 1. The van der Waals surface area contributed by atoms with Gasteiger partial charge >= 0.3 is 5.97 Å². The molecule has 0 aromatic carbocycles. The summed E-state index contributed by atoms with van der Waals surface area (Å²) in [5.74, 6) is 3.55. The third-order valence-electron chi connectivity index (χ3n) is 7.44. The van der Waals surface area contributed by atoms with E-state index in [0.29, 0.717) is 22.7 Å². The number of nitrogens with one attached hydrogen (secondary N) is 1. The van der Waals surface area contributed by atoms with Gasteiger partial charge in [0.1, 0.15) is 11.3 Å². The van der Waals surface area contributed by atoms with E-state index in [1.54, 1.807) is 0 Å². The SMILES string of the molecule is COC(=O)c1cn([C@H](C)[C@H]2[C@@H]3CC[C@H]4C[C@H](C3)C[C@@H]42)cc2c(=O)[nH]nc1-2. The summed E-state index contributed by atoms with van der Waals surface area (Å²) in [4.78, 5) is 24.4. The maximum Gasteiger partial charge on any atom is 0.341 e. The van der Waals surface area contributed by atoms with Gasteiger partial charge in [-0.1, -0.05) is 0 Å². The second kappa shape index (κ2) is 5.69. The number of hydrogen-bond acceptors (Lipinski definition) is 4. The minimum absolute atomic E-state index is 0.252. The van der Waals surface area contributed by atoms with Gasteiger partial charge in [0, 0.05) is 18.4 Å². The first kappa shape index (κ1) is 16.1. The smallest absolute Gasteiger partial charge is 0.341 e. The van der Waals surface area contributed by atoms with Gasteiger partial charge in [0.15, 0.2) is 0 Å². The van der Waals surface area contributed by atoms with Crippen LogP contribution in [0.4, 0.5) is 0 Å². The van der Waals surface area contributed by atoms with Crippen molar-refractivity contribution in [3.8, 4) is 11.3 Å². The Bertz CT molecular complexity index is 885. The second-order valence-corrected chi connectivity index (χ2v) is 8.58. The van der Waals surface area contributed by atoms with Crippen LogP contribution >= 0.6 is 0 Å². The quantitative estimate of drug-likeness (QED) is 0.858. The standard InChI is InChI=1S/C20H25N3O3/c1-10(17-13-4-3-12-5-11(6-13)7-14(12)17)23-8-15-18(21-22-19(15)24)16(9-23)20(25)26-2/h8-14,17H,3-7H2,1-2H3,(H,22,24)/t10-,11-,12+,13-,14+,17+/m1/s1. The lowest BCUT2D eigenvalue weighted by atomic mass is 9.62. The predicted octanol–water partition coefficient (Wildman–Crippen LogP) is 3.10. The molecule has 5 rings (SSSR count). The Hall–Kier alpha value is -2.11. The largest absolute Gasteiger partial charge is 0.465 e. The fourth-order valence-electron chi connectivity index (χ4n) is 6.45. The molecule has 6 heteroatoms. The highest BCUT2D eigenvalue weighted by Crippen LogP contribution is 2.60. The van der Waals surface area contributed by atoms with E-state index in [4.69, 9.17) is 4.74 Å². The maximum absolute atomic E-state index is 12.3. The summed E-state index contributed by atoms with van der Waals surface area (Å²) >= 11 is 0. The van der Waals surface area contributed by atoms with Crippen LogP contribution in [-0.2, 0) is 4.74 Å². The minimum atomic E-state index is -0.450. The van der Waals surface area contributed by atoms with Gasteiger partial charge in [-0.3, -0.25) is 4.79 Å². The van der Waals surface area contributed by atoms with Gasteiger partial charge in [0.2, 0.25) is 0 Å². The summed E-state index contributed by atoms with van der Waals surface area (Å²) in [7, 11) is 1.36. The van der Waals surface area contributed by atoms with E-state index in [9.17, 15) is 9.59 Å². The number of nitrogens with zero attached hydrogens (tertiary/aromatic N) is 2. The van der Waals surface area contributed by atoms with Gasteiger partial charge in [-0.05, 0) is 68.6 Å². The first-order valence-corrected chi connectivity index (χ1v) is 9.75. The van der Waals surface area contributed by atoms with Gasteiger partial charge in [0.25, 0.3) is 5.56 Å². The summed E-state index contributed by atoms with van der Waals surface area (Å²) in [5, 5.41) is 6.49. The molecule has 2 heterocycles.